The van der Waals surface area contributed by atoms with E-state index >= 15 is 0 Å². The Balaban J connectivity index is 1.05. The molecule has 8 aromatic carbocycles. The molecule has 1 aromatic heterocycles. The first-order valence-electron chi connectivity index (χ1n) is 16.8. The maximum absolute atomic E-state index is 6.78. The van der Waals surface area contributed by atoms with Crippen LogP contribution >= 0.6 is 0 Å². The molecule has 0 N–H and O–H groups in total. The zero-order chi connectivity index (χ0) is 32.6. The number of benzene rings is 8. The molecule has 0 aliphatic rings. The molecule has 0 spiro atoms. The van der Waals surface area contributed by atoms with Gasteiger partial charge in [-0.3, -0.25) is 0 Å². The summed E-state index contributed by atoms with van der Waals surface area (Å²) in [6.45, 7) is 0. The summed E-state index contributed by atoms with van der Waals surface area (Å²) in [6, 6.07) is 69.2. The van der Waals surface area contributed by atoms with E-state index < -0.39 is 0 Å². The molecule has 9 rings (SSSR count). The molecule has 1 heterocycles. The number of fused-ring (bicyclic) bond motifs is 3. The number of hydrogen-bond donors (Lipinski definition) is 0. The van der Waals surface area contributed by atoms with Crippen LogP contribution in [0.4, 0.5) is 0 Å². The van der Waals surface area contributed by atoms with Gasteiger partial charge in [-0.2, -0.15) is 0 Å². The molecule has 49 heavy (non-hydrogen) atoms. The third-order valence-corrected chi connectivity index (χ3v) is 9.52. The van der Waals surface area contributed by atoms with E-state index in [1.165, 1.54) is 44.5 Å². The molecular formula is C48H32O. The lowest BCUT2D eigenvalue weighted by Gasteiger charge is -2.08. The van der Waals surface area contributed by atoms with Gasteiger partial charge < -0.3 is 4.42 Å². The van der Waals surface area contributed by atoms with Crippen molar-refractivity contribution in [1.82, 2.24) is 0 Å². The van der Waals surface area contributed by atoms with Gasteiger partial charge in [0.1, 0.15) is 11.2 Å². The number of hydrogen-bond acceptors (Lipinski definition) is 1. The Hall–Kier alpha value is -6.44. The van der Waals surface area contributed by atoms with Crippen molar-refractivity contribution in [2.24, 2.45) is 0 Å². The summed E-state index contributed by atoms with van der Waals surface area (Å²) in [7, 11) is 0. The fraction of sp³-hybridized carbons (Fsp3) is 0. The Bertz CT molecular complexity index is 2380. The Morgan fingerprint density at radius 3 is 0.918 bits per heavy atom. The van der Waals surface area contributed by atoms with Crippen molar-refractivity contribution in [2.75, 3.05) is 0 Å². The van der Waals surface area contributed by atoms with E-state index in [0.717, 1.165) is 44.2 Å². The average molecular weight is 625 g/mol. The van der Waals surface area contributed by atoms with Gasteiger partial charge in [-0.25, -0.2) is 0 Å². The maximum Gasteiger partial charge on any atom is 0.143 e. The second kappa shape index (κ2) is 12.3. The first-order chi connectivity index (χ1) is 24.3. The molecule has 0 fully saturated rings. The van der Waals surface area contributed by atoms with E-state index in [9.17, 15) is 0 Å². The Kier molecular flexibility index (Phi) is 7.22. The van der Waals surface area contributed by atoms with Gasteiger partial charge >= 0.3 is 0 Å². The summed E-state index contributed by atoms with van der Waals surface area (Å²) in [4.78, 5) is 0. The second-order valence-corrected chi connectivity index (χ2v) is 12.5. The van der Waals surface area contributed by atoms with Crippen molar-refractivity contribution in [1.29, 1.82) is 0 Å². The van der Waals surface area contributed by atoms with Crippen LogP contribution in [0.5, 0.6) is 0 Å². The lowest BCUT2D eigenvalue weighted by atomic mass is 9.96. The fourth-order valence-electron chi connectivity index (χ4n) is 6.98. The van der Waals surface area contributed by atoms with Crippen molar-refractivity contribution >= 4 is 21.9 Å². The van der Waals surface area contributed by atoms with Crippen molar-refractivity contribution in [3.05, 3.63) is 194 Å². The molecule has 0 saturated carbocycles. The first kappa shape index (κ1) is 28.8. The van der Waals surface area contributed by atoms with Gasteiger partial charge in [-0.15, -0.1) is 0 Å². The van der Waals surface area contributed by atoms with Crippen LogP contribution in [0, 0.1) is 0 Å². The van der Waals surface area contributed by atoms with Crippen LogP contribution in [0.3, 0.4) is 0 Å². The number of rotatable bonds is 6. The van der Waals surface area contributed by atoms with Gasteiger partial charge in [0.2, 0.25) is 0 Å². The standard InChI is InChI=1S/C48H32O/c1-3-11-33(12-4-1)39-15-7-17-41(31-39)35-23-27-37(28-24-35)43-19-9-21-45-46-22-10-20-44(48(46)49-47(43)45)38-29-25-36(26-30-38)42-18-8-16-40(32-42)34-13-5-2-6-14-34/h1-32H. The van der Waals surface area contributed by atoms with Gasteiger partial charge in [0.15, 0.2) is 0 Å². The highest BCUT2D eigenvalue weighted by Gasteiger charge is 2.16. The molecular weight excluding hydrogens is 593 g/mol. The van der Waals surface area contributed by atoms with E-state index in [-0.39, 0.29) is 0 Å². The van der Waals surface area contributed by atoms with Crippen LogP contribution in [0.2, 0.25) is 0 Å². The summed E-state index contributed by atoms with van der Waals surface area (Å²) < 4.78 is 6.78. The molecule has 0 saturated heterocycles. The number of furan rings is 1. The zero-order valence-electron chi connectivity index (χ0n) is 26.9. The largest absolute Gasteiger partial charge is 0.455 e. The zero-order valence-corrected chi connectivity index (χ0v) is 26.9. The predicted octanol–water partition coefficient (Wildman–Crippen LogP) is 13.6. The summed E-state index contributed by atoms with van der Waals surface area (Å²) >= 11 is 0. The Morgan fingerprint density at radius 1 is 0.224 bits per heavy atom. The van der Waals surface area contributed by atoms with Crippen molar-refractivity contribution in [3.63, 3.8) is 0 Å². The molecule has 0 amide bonds. The third-order valence-electron chi connectivity index (χ3n) is 9.52. The normalized spacial score (nSPS) is 11.3. The predicted molar refractivity (Wildman–Crippen MR) is 206 cm³/mol. The minimum Gasteiger partial charge on any atom is -0.455 e. The maximum atomic E-state index is 6.78. The minimum atomic E-state index is 0.915. The third kappa shape index (κ3) is 5.42. The molecule has 230 valence electrons. The first-order valence-corrected chi connectivity index (χ1v) is 16.8. The molecule has 9 aromatic rings. The molecule has 0 radical (unpaired) electrons. The van der Waals surface area contributed by atoms with Gasteiger partial charge in [0, 0.05) is 21.9 Å². The van der Waals surface area contributed by atoms with Gasteiger partial charge in [-0.05, 0) is 67.8 Å². The van der Waals surface area contributed by atoms with Crippen LogP contribution in [-0.4, -0.2) is 0 Å². The Morgan fingerprint density at radius 2 is 0.531 bits per heavy atom. The van der Waals surface area contributed by atoms with E-state index in [0.29, 0.717) is 0 Å². The van der Waals surface area contributed by atoms with Crippen LogP contribution in [0.25, 0.3) is 88.7 Å². The van der Waals surface area contributed by atoms with Crippen molar-refractivity contribution in [3.8, 4) is 66.8 Å². The van der Waals surface area contributed by atoms with Gasteiger partial charge in [0.05, 0.1) is 0 Å². The molecule has 0 bridgehead atoms. The molecule has 0 aliphatic carbocycles. The topological polar surface area (TPSA) is 13.1 Å². The fourth-order valence-corrected chi connectivity index (χ4v) is 6.98. The molecule has 1 nitrogen and oxygen atoms in total. The quantitative estimate of drug-likeness (QED) is 0.179. The smallest absolute Gasteiger partial charge is 0.143 e. The second-order valence-electron chi connectivity index (χ2n) is 12.5. The van der Waals surface area contributed by atoms with E-state index in [4.69, 9.17) is 4.42 Å². The highest BCUT2D eigenvalue weighted by molar-refractivity contribution is 6.13. The summed E-state index contributed by atoms with van der Waals surface area (Å²) in [5.74, 6) is 0. The summed E-state index contributed by atoms with van der Waals surface area (Å²) in [5, 5.41) is 2.26. The van der Waals surface area contributed by atoms with Gasteiger partial charge in [-0.1, -0.05) is 182 Å². The SMILES string of the molecule is c1ccc(-c2cccc(-c3ccc(-c4cccc5c4oc4c(-c6ccc(-c7cccc(-c8ccccc8)c7)cc6)cccc45)cc3)c2)cc1. The summed E-state index contributed by atoms with van der Waals surface area (Å²) in [5.41, 5.74) is 16.0. The van der Waals surface area contributed by atoms with Crippen molar-refractivity contribution in [2.45, 2.75) is 0 Å². The highest BCUT2D eigenvalue weighted by atomic mass is 16.3. The number of para-hydroxylation sites is 2. The monoisotopic (exact) mass is 624 g/mol. The molecule has 0 aliphatic heterocycles. The van der Waals surface area contributed by atoms with Gasteiger partial charge in [0.25, 0.3) is 0 Å². The van der Waals surface area contributed by atoms with E-state index in [1.807, 2.05) is 0 Å². The summed E-state index contributed by atoms with van der Waals surface area (Å²) in [6.07, 6.45) is 0. The average Bonchev–Trinajstić information content (AvgIpc) is 3.58. The molecule has 0 unspecified atom stereocenters. The highest BCUT2D eigenvalue weighted by Crippen LogP contribution is 2.40. The lowest BCUT2D eigenvalue weighted by molar-refractivity contribution is 0.671. The van der Waals surface area contributed by atoms with E-state index in [1.54, 1.807) is 0 Å². The Labute approximate surface area is 286 Å². The minimum absolute atomic E-state index is 0.915. The molecule has 1 heteroatoms. The van der Waals surface area contributed by atoms with Crippen LogP contribution < -0.4 is 0 Å². The van der Waals surface area contributed by atoms with Crippen LogP contribution in [-0.2, 0) is 0 Å². The van der Waals surface area contributed by atoms with Crippen LogP contribution in [0.15, 0.2) is 199 Å². The molecule has 0 atom stereocenters. The van der Waals surface area contributed by atoms with Crippen LogP contribution in [0.1, 0.15) is 0 Å². The lowest BCUT2D eigenvalue weighted by Crippen LogP contribution is -1.83. The van der Waals surface area contributed by atoms with Crippen molar-refractivity contribution < 1.29 is 4.42 Å². The van der Waals surface area contributed by atoms with E-state index in [2.05, 4.69) is 194 Å².